The molecule has 0 spiro atoms. The van der Waals surface area contributed by atoms with Crippen molar-refractivity contribution in [3.8, 4) is 0 Å². The van der Waals surface area contributed by atoms with Gasteiger partial charge in [-0.25, -0.2) is 4.76 Å². The van der Waals surface area contributed by atoms with Crippen LogP contribution in [0.4, 0.5) is 0 Å². The van der Waals surface area contributed by atoms with Gasteiger partial charge in [0.2, 0.25) is 7.29 Å². The summed E-state index contributed by atoms with van der Waals surface area (Å²) in [4.78, 5) is 0. The van der Waals surface area contributed by atoms with E-state index in [9.17, 15) is 4.57 Å². The van der Waals surface area contributed by atoms with Gasteiger partial charge in [-0.2, -0.15) is 0 Å². The first-order valence-electron chi connectivity index (χ1n) is 7.52. The number of benzene rings is 3. The molecule has 23 heavy (non-hydrogen) atoms. The molecule has 2 nitrogen and oxygen atoms in total. The van der Waals surface area contributed by atoms with Gasteiger partial charge in [0.15, 0.2) is 0 Å². The standard InChI is InChI=1S/C20H18NOP/c1-17-12-14-18(15-13-17)16-21-23(22,19-8-4-2-5-9-19)20-10-6-3-7-11-20/h2-16H,1H3/b21-16+. The Hall–Kier alpha value is -2.44. The van der Waals surface area contributed by atoms with E-state index in [4.69, 9.17) is 0 Å². The molecule has 0 bridgehead atoms. The van der Waals surface area contributed by atoms with Crippen LogP contribution in [0.5, 0.6) is 0 Å². The van der Waals surface area contributed by atoms with Crippen molar-refractivity contribution in [2.24, 2.45) is 4.76 Å². The van der Waals surface area contributed by atoms with Crippen molar-refractivity contribution in [2.75, 3.05) is 0 Å². The average Bonchev–Trinajstić information content (AvgIpc) is 2.62. The third-order valence-electron chi connectivity index (χ3n) is 3.66. The molecule has 0 radical (unpaired) electrons. The molecular weight excluding hydrogens is 301 g/mol. The van der Waals surface area contributed by atoms with E-state index in [0.717, 1.165) is 16.2 Å². The zero-order chi connectivity index (χ0) is 16.1. The molecule has 0 heterocycles. The van der Waals surface area contributed by atoms with Crippen LogP contribution in [0.1, 0.15) is 11.1 Å². The summed E-state index contributed by atoms with van der Waals surface area (Å²) in [5.41, 5.74) is 2.14. The normalized spacial score (nSPS) is 11.7. The van der Waals surface area contributed by atoms with E-state index in [1.165, 1.54) is 5.56 Å². The molecule has 0 unspecified atom stereocenters. The Morgan fingerprint density at radius 1 is 0.739 bits per heavy atom. The van der Waals surface area contributed by atoms with E-state index in [1.54, 1.807) is 6.21 Å². The van der Waals surface area contributed by atoms with Crippen LogP contribution in [0.25, 0.3) is 0 Å². The molecule has 0 saturated heterocycles. The van der Waals surface area contributed by atoms with Crippen LogP contribution in [0.15, 0.2) is 89.7 Å². The van der Waals surface area contributed by atoms with Crippen LogP contribution in [-0.2, 0) is 4.57 Å². The molecule has 3 aromatic carbocycles. The molecule has 0 amide bonds. The quantitative estimate of drug-likeness (QED) is 0.519. The Morgan fingerprint density at radius 2 is 1.22 bits per heavy atom. The summed E-state index contributed by atoms with van der Waals surface area (Å²) < 4.78 is 18.2. The van der Waals surface area contributed by atoms with Crippen LogP contribution < -0.4 is 10.6 Å². The highest BCUT2D eigenvalue weighted by molar-refractivity contribution is 7.77. The predicted octanol–water partition coefficient (Wildman–Crippen LogP) is 4.34. The van der Waals surface area contributed by atoms with Crippen molar-refractivity contribution in [3.05, 3.63) is 96.1 Å². The predicted molar refractivity (Wildman–Crippen MR) is 98.5 cm³/mol. The number of hydrogen-bond acceptors (Lipinski definition) is 1. The molecule has 0 atom stereocenters. The van der Waals surface area contributed by atoms with Crippen LogP contribution in [-0.4, -0.2) is 6.21 Å². The molecule has 0 aliphatic heterocycles. The maximum atomic E-state index is 13.7. The Labute approximate surface area is 137 Å². The third-order valence-corrected chi connectivity index (χ3v) is 6.10. The summed E-state index contributed by atoms with van der Waals surface area (Å²) in [5, 5.41) is 1.49. The van der Waals surface area contributed by atoms with Gasteiger partial charge in [-0.05, 0) is 36.8 Å². The van der Waals surface area contributed by atoms with Crippen molar-refractivity contribution in [2.45, 2.75) is 6.92 Å². The van der Waals surface area contributed by atoms with Gasteiger partial charge in [0.1, 0.15) is 0 Å². The summed E-state index contributed by atoms with van der Waals surface area (Å²) in [6.07, 6.45) is 1.71. The van der Waals surface area contributed by atoms with E-state index in [1.807, 2.05) is 91.9 Å². The highest BCUT2D eigenvalue weighted by Gasteiger charge is 2.25. The fraction of sp³-hybridized carbons (Fsp3) is 0.0500. The molecule has 0 fully saturated rings. The first-order valence-corrected chi connectivity index (χ1v) is 9.18. The number of rotatable bonds is 4. The Bertz CT molecular complexity index is 796. The molecular formula is C20H18NOP. The highest BCUT2D eigenvalue weighted by atomic mass is 31.2. The van der Waals surface area contributed by atoms with E-state index in [-0.39, 0.29) is 0 Å². The second kappa shape index (κ2) is 6.76. The molecule has 0 N–H and O–H groups in total. The monoisotopic (exact) mass is 319 g/mol. The third kappa shape index (κ3) is 3.49. The number of aryl methyl sites for hydroxylation is 1. The fourth-order valence-corrected chi connectivity index (χ4v) is 4.36. The van der Waals surface area contributed by atoms with Crippen LogP contribution in [0, 0.1) is 6.92 Å². The van der Waals surface area contributed by atoms with Crippen LogP contribution in [0.2, 0.25) is 0 Å². The Kier molecular flexibility index (Phi) is 4.55. The van der Waals surface area contributed by atoms with Gasteiger partial charge in [0.05, 0.1) is 0 Å². The van der Waals surface area contributed by atoms with Gasteiger partial charge in [-0.3, -0.25) is 4.57 Å². The zero-order valence-electron chi connectivity index (χ0n) is 13.0. The maximum Gasteiger partial charge on any atom is 0.247 e. The first-order chi connectivity index (χ1) is 11.2. The van der Waals surface area contributed by atoms with Gasteiger partial charge in [0, 0.05) is 16.8 Å². The first kappa shape index (κ1) is 15.5. The van der Waals surface area contributed by atoms with E-state index in [0.29, 0.717) is 0 Å². The lowest BCUT2D eigenvalue weighted by molar-refractivity contribution is 0.588. The van der Waals surface area contributed by atoms with Crippen LogP contribution >= 0.6 is 7.29 Å². The van der Waals surface area contributed by atoms with Gasteiger partial charge >= 0.3 is 0 Å². The molecule has 0 aliphatic carbocycles. The number of hydrogen-bond donors (Lipinski definition) is 0. The summed E-state index contributed by atoms with van der Waals surface area (Å²) in [6.45, 7) is 2.04. The lowest BCUT2D eigenvalue weighted by Crippen LogP contribution is -2.14. The summed E-state index contributed by atoms with van der Waals surface area (Å²) in [5.74, 6) is 0. The molecule has 0 saturated carbocycles. The van der Waals surface area contributed by atoms with E-state index in [2.05, 4.69) is 4.76 Å². The van der Waals surface area contributed by atoms with E-state index >= 15 is 0 Å². The summed E-state index contributed by atoms with van der Waals surface area (Å²) in [7, 11) is -3.03. The molecule has 114 valence electrons. The summed E-state index contributed by atoms with van der Waals surface area (Å²) in [6, 6.07) is 26.9. The van der Waals surface area contributed by atoms with Crippen molar-refractivity contribution in [1.82, 2.24) is 0 Å². The van der Waals surface area contributed by atoms with Crippen molar-refractivity contribution in [1.29, 1.82) is 0 Å². The average molecular weight is 319 g/mol. The second-order valence-electron chi connectivity index (χ2n) is 5.40. The van der Waals surface area contributed by atoms with Crippen molar-refractivity contribution in [3.63, 3.8) is 0 Å². The topological polar surface area (TPSA) is 29.4 Å². The van der Waals surface area contributed by atoms with Crippen molar-refractivity contribution < 1.29 is 4.57 Å². The van der Waals surface area contributed by atoms with Gasteiger partial charge in [0.25, 0.3) is 0 Å². The molecule has 3 aromatic rings. The van der Waals surface area contributed by atoms with E-state index < -0.39 is 7.29 Å². The minimum Gasteiger partial charge on any atom is -0.288 e. The molecule has 0 aliphatic rings. The Morgan fingerprint density at radius 3 is 1.70 bits per heavy atom. The van der Waals surface area contributed by atoms with Gasteiger partial charge in [-0.1, -0.05) is 66.2 Å². The maximum absolute atomic E-state index is 13.7. The lowest BCUT2D eigenvalue weighted by atomic mass is 10.2. The number of nitrogens with zero attached hydrogens (tertiary/aromatic N) is 1. The minimum absolute atomic E-state index is 0.745. The van der Waals surface area contributed by atoms with Gasteiger partial charge < -0.3 is 0 Å². The highest BCUT2D eigenvalue weighted by Crippen LogP contribution is 2.44. The molecule has 0 aromatic heterocycles. The zero-order valence-corrected chi connectivity index (χ0v) is 13.9. The fourth-order valence-electron chi connectivity index (χ4n) is 2.34. The van der Waals surface area contributed by atoms with Gasteiger partial charge in [-0.15, -0.1) is 0 Å². The molecule has 3 heteroatoms. The van der Waals surface area contributed by atoms with Crippen molar-refractivity contribution >= 4 is 24.1 Å². The minimum atomic E-state index is -3.03. The Balaban J connectivity index is 2.06. The lowest BCUT2D eigenvalue weighted by Gasteiger charge is -2.14. The SMILES string of the molecule is Cc1ccc(/C=N/P(=O)(c2ccccc2)c2ccccc2)cc1. The second-order valence-corrected chi connectivity index (χ2v) is 7.82. The molecule has 3 rings (SSSR count). The smallest absolute Gasteiger partial charge is 0.247 e. The van der Waals surface area contributed by atoms with Crippen LogP contribution in [0.3, 0.4) is 0 Å². The summed E-state index contributed by atoms with van der Waals surface area (Å²) >= 11 is 0. The largest absolute Gasteiger partial charge is 0.288 e.